The van der Waals surface area contributed by atoms with Gasteiger partial charge in [0, 0.05) is 37.9 Å². The second-order valence-electron chi connectivity index (χ2n) is 8.09. The van der Waals surface area contributed by atoms with E-state index < -0.39 is 6.10 Å². The number of aryl methyl sites for hydroxylation is 1. The summed E-state index contributed by atoms with van der Waals surface area (Å²) in [6, 6.07) is 0.349. The van der Waals surface area contributed by atoms with Crippen molar-refractivity contribution in [2.24, 2.45) is 13.0 Å². The van der Waals surface area contributed by atoms with Crippen LogP contribution in [-0.4, -0.2) is 51.1 Å². The van der Waals surface area contributed by atoms with E-state index in [2.05, 4.69) is 15.2 Å². The number of aliphatic hydroxyl groups excluding tert-OH is 1. The van der Waals surface area contributed by atoms with Gasteiger partial charge in [0.2, 0.25) is 5.91 Å². The molecule has 0 unspecified atom stereocenters. The number of carbonyl (C=O) groups is 1. The Balaban J connectivity index is 1.48. The summed E-state index contributed by atoms with van der Waals surface area (Å²) in [4.78, 5) is 19.0. The predicted octanol–water partition coefficient (Wildman–Crippen LogP) is 2.39. The molecule has 1 aliphatic heterocycles. The van der Waals surface area contributed by atoms with Crippen molar-refractivity contribution in [1.82, 2.24) is 19.8 Å². The number of carbonyl (C=O) groups excluding carboxylic acids is 1. The van der Waals surface area contributed by atoms with Crippen molar-refractivity contribution in [1.29, 1.82) is 0 Å². The Morgan fingerprint density at radius 3 is 2.65 bits per heavy atom. The minimum Gasteiger partial charge on any atom is -0.385 e. The van der Waals surface area contributed by atoms with E-state index in [-0.39, 0.29) is 11.8 Å². The van der Waals surface area contributed by atoms with Crippen molar-refractivity contribution in [3.8, 4) is 0 Å². The molecule has 1 saturated carbocycles. The van der Waals surface area contributed by atoms with Gasteiger partial charge in [-0.05, 0) is 32.2 Å². The molecule has 146 valence electrons. The van der Waals surface area contributed by atoms with Gasteiger partial charge in [-0.2, -0.15) is 0 Å². The number of nitrogens with zero attached hydrogens (tertiary/aromatic N) is 3. The van der Waals surface area contributed by atoms with Crippen LogP contribution in [0.1, 0.15) is 69.7 Å². The van der Waals surface area contributed by atoms with Gasteiger partial charge in [-0.3, -0.25) is 9.69 Å². The number of nitrogens with one attached hydrogen (secondary N) is 1. The number of aliphatic hydroxyl groups is 1. The Bertz CT molecular complexity index is 566. The SMILES string of the molecule is Cn1ccnc1[C@H](O)[C@@H]1CCCN(CC(=O)NC2CCCCCCC2)C1. The van der Waals surface area contributed by atoms with Crippen molar-refractivity contribution in [3.63, 3.8) is 0 Å². The molecule has 1 aromatic heterocycles. The Labute approximate surface area is 157 Å². The summed E-state index contributed by atoms with van der Waals surface area (Å²) in [6.45, 7) is 2.13. The van der Waals surface area contributed by atoms with Gasteiger partial charge in [0.15, 0.2) is 0 Å². The lowest BCUT2D eigenvalue weighted by Gasteiger charge is -2.34. The molecule has 1 aromatic rings. The third kappa shape index (κ3) is 5.30. The van der Waals surface area contributed by atoms with Crippen LogP contribution >= 0.6 is 0 Å². The number of amides is 1. The smallest absolute Gasteiger partial charge is 0.234 e. The van der Waals surface area contributed by atoms with Gasteiger partial charge < -0.3 is 15.0 Å². The number of hydrogen-bond acceptors (Lipinski definition) is 4. The number of piperidine rings is 1. The molecule has 0 spiro atoms. The van der Waals surface area contributed by atoms with E-state index in [4.69, 9.17) is 0 Å². The molecule has 0 bridgehead atoms. The Morgan fingerprint density at radius 2 is 1.96 bits per heavy atom. The Morgan fingerprint density at radius 1 is 1.23 bits per heavy atom. The highest BCUT2D eigenvalue weighted by molar-refractivity contribution is 5.78. The summed E-state index contributed by atoms with van der Waals surface area (Å²) in [6.07, 6.45) is 13.6. The number of rotatable bonds is 5. The molecule has 0 aromatic carbocycles. The molecule has 0 radical (unpaired) electrons. The van der Waals surface area contributed by atoms with Crippen molar-refractivity contribution >= 4 is 5.91 Å². The largest absolute Gasteiger partial charge is 0.385 e. The number of hydrogen-bond donors (Lipinski definition) is 2. The van der Waals surface area contributed by atoms with E-state index in [1.807, 2.05) is 17.8 Å². The van der Waals surface area contributed by atoms with Crippen LogP contribution in [0.25, 0.3) is 0 Å². The van der Waals surface area contributed by atoms with Crippen LogP contribution in [0.3, 0.4) is 0 Å². The van der Waals surface area contributed by atoms with E-state index in [0.717, 1.165) is 44.6 Å². The van der Waals surface area contributed by atoms with Crippen LogP contribution in [0.5, 0.6) is 0 Å². The highest BCUT2D eigenvalue weighted by atomic mass is 16.3. The molecule has 1 amide bonds. The van der Waals surface area contributed by atoms with Crippen molar-refractivity contribution in [2.45, 2.75) is 69.9 Å². The molecule has 1 aliphatic carbocycles. The fraction of sp³-hybridized carbons (Fsp3) is 0.800. The topological polar surface area (TPSA) is 70.4 Å². The molecule has 3 rings (SSSR count). The lowest BCUT2D eigenvalue weighted by Crippen LogP contribution is -2.46. The third-order valence-corrected chi connectivity index (χ3v) is 5.95. The lowest BCUT2D eigenvalue weighted by atomic mass is 9.92. The lowest BCUT2D eigenvalue weighted by molar-refractivity contribution is -0.123. The first-order chi connectivity index (χ1) is 12.6. The summed E-state index contributed by atoms with van der Waals surface area (Å²) in [5, 5.41) is 13.9. The van der Waals surface area contributed by atoms with Crippen LogP contribution in [0.15, 0.2) is 12.4 Å². The summed E-state index contributed by atoms with van der Waals surface area (Å²) in [5.74, 6) is 0.998. The highest BCUT2D eigenvalue weighted by Crippen LogP contribution is 2.28. The molecule has 6 heteroatoms. The summed E-state index contributed by atoms with van der Waals surface area (Å²) < 4.78 is 1.88. The van der Waals surface area contributed by atoms with Crippen molar-refractivity contribution < 1.29 is 9.90 Å². The molecule has 2 aliphatic rings. The van der Waals surface area contributed by atoms with E-state index in [9.17, 15) is 9.90 Å². The van der Waals surface area contributed by atoms with Crippen molar-refractivity contribution in [3.05, 3.63) is 18.2 Å². The normalized spacial score (nSPS) is 24.6. The minimum atomic E-state index is -0.563. The van der Waals surface area contributed by atoms with Gasteiger partial charge in [-0.25, -0.2) is 4.98 Å². The average molecular weight is 363 g/mol. The summed E-state index contributed by atoms with van der Waals surface area (Å²) in [7, 11) is 1.91. The molecule has 6 nitrogen and oxygen atoms in total. The number of likely N-dealkylation sites (tertiary alicyclic amines) is 1. The van der Waals surface area contributed by atoms with Crippen LogP contribution in [-0.2, 0) is 11.8 Å². The van der Waals surface area contributed by atoms with Gasteiger partial charge in [0.05, 0.1) is 6.54 Å². The van der Waals surface area contributed by atoms with Crippen molar-refractivity contribution in [2.75, 3.05) is 19.6 Å². The van der Waals surface area contributed by atoms with Gasteiger partial charge >= 0.3 is 0 Å². The second kappa shape index (κ2) is 9.51. The molecule has 1 saturated heterocycles. The third-order valence-electron chi connectivity index (χ3n) is 5.95. The minimum absolute atomic E-state index is 0.138. The van der Waals surface area contributed by atoms with Crippen LogP contribution in [0, 0.1) is 5.92 Å². The molecular weight excluding hydrogens is 328 g/mol. The van der Waals surface area contributed by atoms with E-state index in [1.165, 1.54) is 32.1 Å². The maximum atomic E-state index is 12.5. The fourth-order valence-corrected chi connectivity index (χ4v) is 4.44. The monoisotopic (exact) mass is 362 g/mol. The van der Waals surface area contributed by atoms with Gasteiger partial charge in [-0.15, -0.1) is 0 Å². The first kappa shape index (κ1) is 19.4. The van der Waals surface area contributed by atoms with E-state index in [1.54, 1.807) is 6.20 Å². The average Bonchev–Trinajstić information content (AvgIpc) is 3.03. The molecule has 2 heterocycles. The number of imidazole rings is 1. The zero-order valence-corrected chi connectivity index (χ0v) is 16.1. The van der Waals surface area contributed by atoms with Gasteiger partial charge in [0.1, 0.15) is 11.9 Å². The predicted molar refractivity (Wildman–Crippen MR) is 102 cm³/mol. The zero-order valence-electron chi connectivity index (χ0n) is 16.1. The van der Waals surface area contributed by atoms with E-state index in [0.29, 0.717) is 12.6 Å². The standard InChI is InChI=1S/C20H34N4O2/c1-23-13-11-21-20(23)19(26)16-8-7-12-24(14-16)15-18(25)22-17-9-5-3-2-4-6-10-17/h11,13,16-17,19,26H,2-10,12,14-15H2,1H3,(H,22,25)/t16-,19-/m1/s1. The Kier molecular flexibility index (Phi) is 7.08. The van der Waals surface area contributed by atoms with Gasteiger partial charge in [0.25, 0.3) is 0 Å². The molecular formula is C20H34N4O2. The van der Waals surface area contributed by atoms with Crippen LogP contribution in [0.2, 0.25) is 0 Å². The van der Waals surface area contributed by atoms with E-state index >= 15 is 0 Å². The summed E-state index contributed by atoms with van der Waals surface area (Å²) in [5.41, 5.74) is 0. The fourth-order valence-electron chi connectivity index (χ4n) is 4.44. The van der Waals surface area contributed by atoms with Crippen LogP contribution in [0.4, 0.5) is 0 Å². The van der Waals surface area contributed by atoms with Crippen LogP contribution < -0.4 is 5.32 Å². The van der Waals surface area contributed by atoms with Gasteiger partial charge in [-0.1, -0.05) is 32.1 Å². The second-order valence-corrected chi connectivity index (χ2v) is 8.09. The Hall–Kier alpha value is -1.40. The highest BCUT2D eigenvalue weighted by Gasteiger charge is 2.30. The maximum absolute atomic E-state index is 12.5. The first-order valence-electron chi connectivity index (χ1n) is 10.3. The molecule has 2 N–H and O–H groups in total. The molecule has 2 fully saturated rings. The first-order valence-corrected chi connectivity index (χ1v) is 10.3. The quantitative estimate of drug-likeness (QED) is 0.844. The zero-order chi connectivity index (χ0) is 18.4. The molecule has 26 heavy (non-hydrogen) atoms. The maximum Gasteiger partial charge on any atom is 0.234 e. The summed E-state index contributed by atoms with van der Waals surface area (Å²) >= 11 is 0. The number of aromatic nitrogens is 2. The molecule has 2 atom stereocenters.